The van der Waals surface area contributed by atoms with E-state index in [4.69, 9.17) is 29.9 Å². The van der Waals surface area contributed by atoms with Gasteiger partial charge >= 0.3 is 0 Å². The lowest BCUT2D eigenvalue weighted by Crippen LogP contribution is -2.15. The second-order valence-electron chi connectivity index (χ2n) is 34.8. The lowest BCUT2D eigenvalue weighted by atomic mass is 9.81. The van der Waals surface area contributed by atoms with Crippen LogP contribution in [0, 0.1) is 0 Å². The Morgan fingerprint density at radius 2 is 0.444 bits per heavy atom. The predicted molar refractivity (Wildman–Crippen MR) is 557 cm³/mol. The van der Waals surface area contributed by atoms with E-state index < -0.39 is 0 Å². The van der Waals surface area contributed by atoms with Crippen LogP contribution in [0.3, 0.4) is 0 Å². The van der Waals surface area contributed by atoms with Gasteiger partial charge in [0.15, 0.2) is 5.82 Å². The third-order valence-electron chi connectivity index (χ3n) is 26.2. The maximum absolute atomic E-state index is 5.24. The van der Waals surface area contributed by atoms with Crippen molar-refractivity contribution in [3.8, 4) is 157 Å². The molecule has 1 aliphatic rings. The minimum Gasteiger partial charge on any atom is -0.244 e. The Balaban J connectivity index is 0.000000113. The van der Waals surface area contributed by atoms with Gasteiger partial charge in [0.2, 0.25) is 0 Å². The summed E-state index contributed by atoms with van der Waals surface area (Å²) in [6, 6.07) is 172. The van der Waals surface area contributed by atoms with Crippen molar-refractivity contribution in [3.63, 3.8) is 0 Å². The molecule has 0 bridgehead atoms. The van der Waals surface area contributed by atoms with Gasteiger partial charge in [-0.1, -0.05) is 432 Å². The largest absolute Gasteiger partial charge is 0.244 e. The summed E-state index contributed by atoms with van der Waals surface area (Å²) in [6.45, 7) is 4.68. The molecular formula is C127H86N6. The van der Waals surface area contributed by atoms with Gasteiger partial charge < -0.3 is 0 Å². The maximum Gasteiger partial charge on any atom is 0.160 e. The molecule has 0 radical (unpaired) electrons. The van der Waals surface area contributed by atoms with Crippen molar-refractivity contribution in [1.82, 2.24) is 29.9 Å². The van der Waals surface area contributed by atoms with Crippen molar-refractivity contribution < 1.29 is 0 Å². The minimum absolute atomic E-state index is 0.128. The highest BCUT2D eigenvalue weighted by molar-refractivity contribution is 6.02. The first-order valence-corrected chi connectivity index (χ1v) is 45.4. The summed E-state index contributed by atoms with van der Waals surface area (Å²) < 4.78 is 0. The van der Waals surface area contributed by atoms with Crippen molar-refractivity contribution in [2.75, 3.05) is 0 Å². The number of rotatable bonds is 13. The van der Waals surface area contributed by atoms with Crippen molar-refractivity contribution in [2.24, 2.45) is 0 Å². The van der Waals surface area contributed by atoms with Crippen LogP contribution in [-0.4, -0.2) is 29.9 Å². The Labute approximate surface area is 773 Å². The van der Waals surface area contributed by atoms with Crippen LogP contribution in [0.2, 0.25) is 0 Å². The zero-order valence-electron chi connectivity index (χ0n) is 73.4. The molecule has 3 heterocycles. The molecule has 21 aromatic carbocycles. The average molecular weight is 1700 g/mol. The molecule has 0 saturated heterocycles. The number of hydrogen-bond donors (Lipinski definition) is 0. The molecule has 0 amide bonds. The smallest absolute Gasteiger partial charge is 0.160 e. The van der Waals surface area contributed by atoms with Crippen LogP contribution in [0.5, 0.6) is 0 Å². The molecule has 6 nitrogen and oxygen atoms in total. The molecule has 624 valence electrons. The fourth-order valence-corrected chi connectivity index (χ4v) is 19.2. The van der Waals surface area contributed by atoms with Crippen LogP contribution >= 0.6 is 0 Å². The first-order valence-electron chi connectivity index (χ1n) is 45.4. The summed E-state index contributed by atoms with van der Waals surface area (Å²) in [4.78, 5) is 30.8. The van der Waals surface area contributed by atoms with Crippen LogP contribution in [-0.2, 0) is 5.41 Å². The molecule has 25 rings (SSSR count). The lowest BCUT2D eigenvalue weighted by Gasteiger charge is -2.22. The summed E-state index contributed by atoms with van der Waals surface area (Å²) in [5.74, 6) is 0.728. The highest BCUT2D eigenvalue weighted by Gasteiger charge is 2.36. The molecule has 0 spiro atoms. The van der Waals surface area contributed by atoms with E-state index in [0.717, 1.165) is 101 Å². The molecule has 0 N–H and O–H groups in total. The number of hydrogen-bond acceptors (Lipinski definition) is 6. The Kier molecular flexibility index (Phi) is 20.9. The molecular weight excluding hydrogens is 1610 g/mol. The Bertz CT molecular complexity index is 8370. The van der Waals surface area contributed by atoms with E-state index in [9.17, 15) is 0 Å². The van der Waals surface area contributed by atoms with Gasteiger partial charge in [-0.3, -0.25) is 0 Å². The first kappa shape index (κ1) is 80.3. The number of nitrogens with zero attached hydrogens (tertiary/aromatic N) is 6. The van der Waals surface area contributed by atoms with Crippen LogP contribution in [0.15, 0.2) is 485 Å². The minimum atomic E-state index is -0.128. The molecule has 3 aromatic heterocycles. The van der Waals surface area contributed by atoms with Gasteiger partial charge in [0.1, 0.15) is 0 Å². The monoisotopic (exact) mass is 1690 g/mol. The summed E-state index contributed by atoms with van der Waals surface area (Å²) in [5.41, 5.74) is 37.3. The predicted octanol–water partition coefficient (Wildman–Crippen LogP) is 33.5. The summed E-state index contributed by atoms with van der Waals surface area (Å²) >= 11 is 0. The summed E-state index contributed by atoms with van der Waals surface area (Å²) in [5, 5.41) is 11.1. The van der Waals surface area contributed by atoms with E-state index in [2.05, 4.69) is 451 Å². The summed E-state index contributed by atoms with van der Waals surface area (Å²) in [6.07, 6.45) is 0. The molecule has 0 atom stereocenters. The maximum atomic E-state index is 5.24. The van der Waals surface area contributed by atoms with Crippen LogP contribution < -0.4 is 0 Å². The zero-order chi connectivity index (χ0) is 88.7. The standard InChI is InChI=1S/C44H30N2.C43H30N2.C40H26N2/c1-3-11-31(12-4-1)37-15-9-17-39(29-37)33-21-25-35(26-22-33)43-44(46-42-20-8-7-19-41(42)45-43)36-27-23-34(24-28-36)40-18-10-16-38(30-40)32-13-5-2-6-14-32;1-43(2)37-26-34(21-22-35(37)36-24-31-11-5-6-12-32(31)25-38(36)43)42-41(44-39-13-7-8-14-40(39)45-42)29-18-15-28(16-19-29)33-20-17-27-9-3-4-10-30(27)23-33;1-3-13-33-27(9-1)11-7-16-35(33)29-19-23-31(24-20-29)39-37-15-5-6-18-38(37)41-40(42-39)32-25-21-30(22-26-32)36-17-8-12-28-10-2-4-14-34(28)36/h1-30H;3-26H,1-2H3;1-26H. The van der Waals surface area contributed by atoms with Crippen LogP contribution in [0.25, 0.3) is 233 Å². The molecule has 0 fully saturated rings. The third kappa shape index (κ3) is 15.8. The van der Waals surface area contributed by atoms with Gasteiger partial charge in [-0.2, -0.15) is 0 Å². The van der Waals surface area contributed by atoms with Gasteiger partial charge in [0.05, 0.1) is 56.1 Å². The number of para-hydroxylation sites is 5. The first-order chi connectivity index (χ1) is 65.6. The average Bonchev–Trinajstić information content (AvgIpc) is 1.55. The second-order valence-corrected chi connectivity index (χ2v) is 34.8. The van der Waals surface area contributed by atoms with Crippen LogP contribution in [0.1, 0.15) is 25.0 Å². The van der Waals surface area contributed by atoms with Gasteiger partial charge in [-0.15, -0.1) is 0 Å². The van der Waals surface area contributed by atoms with Crippen LogP contribution in [0.4, 0.5) is 0 Å². The van der Waals surface area contributed by atoms with E-state index in [1.165, 1.54) is 143 Å². The van der Waals surface area contributed by atoms with E-state index in [1.807, 2.05) is 48.5 Å². The van der Waals surface area contributed by atoms with E-state index in [-0.39, 0.29) is 5.41 Å². The van der Waals surface area contributed by atoms with E-state index in [0.29, 0.717) is 0 Å². The van der Waals surface area contributed by atoms with Gasteiger partial charge in [-0.25, -0.2) is 29.9 Å². The fourth-order valence-electron chi connectivity index (χ4n) is 19.2. The SMILES string of the molecule is CC1(C)c2cc(-c3nc4ccccc4nc3-c3ccc(-c4ccc5ccccc5c4)cc3)ccc2-c2cc3ccccc3cc21.c1ccc(-c2cccc(-c3ccc(-c4nc5ccccc5nc4-c4ccc(-c5cccc(-c6ccccc6)c5)cc4)cc3)c2)cc1.c1ccc2c(-c3ccc(-c4nc(-c5ccc(-c6cccc7ccccc67)cc5)c5ccccc5n4)cc3)cccc2c1. The quantitative estimate of drug-likeness (QED) is 0.114. The normalized spacial score (nSPS) is 11.9. The number of aromatic nitrogens is 6. The molecule has 1 aliphatic carbocycles. The lowest BCUT2D eigenvalue weighted by molar-refractivity contribution is 0.661. The zero-order valence-corrected chi connectivity index (χ0v) is 73.4. The molecule has 133 heavy (non-hydrogen) atoms. The van der Waals surface area contributed by atoms with E-state index >= 15 is 0 Å². The number of fused-ring (bicyclic) bond motifs is 10. The highest BCUT2D eigenvalue weighted by Crippen LogP contribution is 2.52. The van der Waals surface area contributed by atoms with Crippen molar-refractivity contribution >= 4 is 76.1 Å². The fraction of sp³-hybridized carbons (Fsp3) is 0.0236. The van der Waals surface area contributed by atoms with Gasteiger partial charge in [0, 0.05) is 44.2 Å². The molecule has 0 saturated carbocycles. The molecule has 24 aromatic rings. The Hall–Kier alpha value is -17.3. The second kappa shape index (κ2) is 34.7. The highest BCUT2D eigenvalue weighted by atomic mass is 14.9. The molecule has 0 aliphatic heterocycles. The van der Waals surface area contributed by atoms with Crippen molar-refractivity contribution in [3.05, 3.63) is 496 Å². The Morgan fingerprint density at radius 1 is 0.143 bits per heavy atom. The van der Waals surface area contributed by atoms with E-state index in [1.54, 1.807) is 0 Å². The van der Waals surface area contributed by atoms with Crippen molar-refractivity contribution in [1.29, 1.82) is 0 Å². The molecule has 0 unspecified atom stereocenters. The number of benzene rings is 21. The topological polar surface area (TPSA) is 77.3 Å². The van der Waals surface area contributed by atoms with Crippen molar-refractivity contribution in [2.45, 2.75) is 19.3 Å². The molecule has 6 heteroatoms. The third-order valence-corrected chi connectivity index (χ3v) is 26.2. The summed E-state index contributed by atoms with van der Waals surface area (Å²) in [7, 11) is 0. The van der Waals surface area contributed by atoms with Gasteiger partial charge in [0.25, 0.3) is 0 Å². The van der Waals surface area contributed by atoms with Gasteiger partial charge in [-0.05, 0) is 210 Å². The Morgan fingerprint density at radius 3 is 0.910 bits per heavy atom.